The zero-order chi connectivity index (χ0) is 25.0. The van der Waals surface area contributed by atoms with Crippen LogP contribution in [0, 0.1) is 0 Å². The van der Waals surface area contributed by atoms with Gasteiger partial charge in [0.15, 0.2) is 11.5 Å². The lowest BCUT2D eigenvalue weighted by molar-refractivity contribution is -0.139. The average Bonchev–Trinajstić information content (AvgIpc) is 3.06. The van der Waals surface area contributed by atoms with Crippen molar-refractivity contribution in [2.24, 2.45) is 0 Å². The number of ether oxygens (including phenoxy) is 2. The molecular formula is C27H33NO6. The summed E-state index contributed by atoms with van der Waals surface area (Å²) in [6, 6.07) is 9.20. The molecule has 1 unspecified atom stereocenters. The van der Waals surface area contributed by atoms with E-state index in [0.29, 0.717) is 37.3 Å². The van der Waals surface area contributed by atoms with Gasteiger partial charge >= 0.3 is 0 Å². The lowest BCUT2D eigenvalue weighted by Crippen LogP contribution is -2.30. The van der Waals surface area contributed by atoms with E-state index in [-0.39, 0.29) is 28.7 Å². The van der Waals surface area contributed by atoms with Crippen molar-refractivity contribution in [1.29, 1.82) is 0 Å². The third kappa shape index (κ3) is 4.74. The molecule has 34 heavy (non-hydrogen) atoms. The summed E-state index contributed by atoms with van der Waals surface area (Å²) in [5, 5.41) is 21.5. The Labute approximate surface area is 200 Å². The minimum Gasteiger partial charge on any atom is -0.507 e. The van der Waals surface area contributed by atoms with Crippen LogP contribution in [0.25, 0.3) is 5.76 Å². The number of aromatic hydroxyl groups is 1. The summed E-state index contributed by atoms with van der Waals surface area (Å²) in [5.41, 5.74) is 1.93. The third-order valence-electron chi connectivity index (χ3n) is 5.81. The van der Waals surface area contributed by atoms with E-state index in [1.54, 1.807) is 37.3 Å². The fraction of sp³-hybridized carbons (Fsp3) is 0.407. The maximum atomic E-state index is 13.1. The van der Waals surface area contributed by atoms with E-state index in [2.05, 4.69) is 0 Å². The smallest absolute Gasteiger partial charge is 0.295 e. The van der Waals surface area contributed by atoms with Gasteiger partial charge in [-0.05, 0) is 67.6 Å². The molecule has 0 aliphatic carbocycles. The van der Waals surface area contributed by atoms with Gasteiger partial charge in [0.25, 0.3) is 11.7 Å². The maximum Gasteiger partial charge on any atom is 0.295 e. The predicted molar refractivity (Wildman–Crippen MR) is 130 cm³/mol. The van der Waals surface area contributed by atoms with Crippen molar-refractivity contribution < 1.29 is 29.3 Å². The van der Waals surface area contributed by atoms with Crippen molar-refractivity contribution in [3.8, 4) is 17.2 Å². The summed E-state index contributed by atoms with van der Waals surface area (Å²) >= 11 is 0. The molecule has 1 aliphatic heterocycles. The molecule has 1 heterocycles. The molecule has 1 aliphatic rings. The highest BCUT2D eigenvalue weighted by atomic mass is 16.5. The molecule has 1 saturated heterocycles. The summed E-state index contributed by atoms with van der Waals surface area (Å²) in [4.78, 5) is 27.6. The first-order valence-corrected chi connectivity index (χ1v) is 11.8. The van der Waals surface area contributed by atoms with E-state index in [9.17, 15) is 19.8 Å². The second kappa shape index (κ2) is 10.6. The first kappa shape index (κ1) is 25.1. The molecule has 0 bridgehead atoms. The molecule has 1 amide bonds. The van der Waals surface area contributed by atoms with Crippen LogP contribution in [0.4, 0.5) is 0 Å². The van der Waals surface area contributed by atoms with Crippen LogP contribution in [0.2, 0.25) is 0 Å². The number of phenolic OH excluding ortho intramolecular Hbond substituents is 1. The first-order chi connectivity index (χ1) is 16.2. The molecule has 7 heteroatoms. The number of nitrogens with zero attached hydrogens (tertiary/aromatic N) is 1. The second-order valence-electron chi connectivity index (χ2n) is 8.49. The molecule has 0 spiro atoms. The highest BCUT2D eigenvalue weighted by Crippen LogP contribution is 2.42. The number of likely N-dealkylation sites (tertiary alicyclic amines) is 1. The zero-order valence-corrected chi connectivity index (χ0v) is 20.4. The number of phenols is 1. The van der Waals surface area contributed by atoms with E-state index in [0.717, 1.165) is 11.3 Å². The van der Waals surface area contributed by atoms with Crippen LogP contribution < -0.4 is 9.47 Å². The van der Waals surface area contributed by atoms with Crippen molar-refractivity contribution >= 4 is 17.4 Å². The van der Waals surface area contributed by atoms with Crippen molar-refractivity contribution in [2.45, 2.75) is 53.0 Å². The van der Waals surface area contributed by atoms with E-state index < -0.39 is 17.7 Å². The topological polar surface area (TPSA) is 96.3 Å². The van der Waals surface area contributed by atoms with Gasteiger partial charge in [-0.2, -0.15) is 0 Å². The standard InChI is InChI=1S/C27H33NO6/c1-6-13-28-24(17-9-11-20(29)22(15-17)34-8-3)23(26(31)27(28)32)25(30)18-10-12-21(33-7-2)19(14-18)16(4)5/h9-12,14-16,24,29-30H,6-8,13H2,1-5H3/b25-23+. The summed E-state index contributed by atoms with van der Waals surface area (Å²) in [6.45, 7) is 10.9. The first-order valence-electron chi connectivity index (χ1n) is 11.8. The fourth-order valence-electron chi connectivity index (χ4n) is 4.26. The normalized spacial score (nSPS) is 17.5. The Morgan fingerprint density at radius 1 is 1.00 bits per heavy atom. The Balaban J connectivity index is 2.21. The van der Waals surface area contributed by atoms with Crippen molar-refractivity contribution in [1.82, 2.24) is 4.90 Å². The number of amides is 1. The Hall–Kier alpha value is -3.48. The summed E-state index contributed by atoms with van der Waals surface area (Å²) in [6.07, 6.45) is 0.639. The van der Waals surface area contributed by atoms with Gasteiger partial charge in [-0.15, -0.1) is 0 Å². The van der Waals surface area contributed by atoms with Crippen LogP contribution in [0.3, 0.4) is 0 Å². The number of carbonyl (C=O) groups excluding carboxylic acids is 2. The second-order valence-corrected chi connectivity index (χ2v) is 8.49. The lowest BCUT2D eigenvalue weighted by Gasteiger charge is -2.25. The number of Topliss-reactive ketones (excluding diaryl/α,β-unsaturated/α-hetero) is 1. The van der Waals surface area contributed by atoms with Gasteiger partial charge in [-0.1, -0.05) is 26.8 Å². The number of hydrogen-bond donors (Lipinski definition) is 2. The molecule has 1 atom stereocenters. The van der Waals surface area contributed by atoms with E-state index in [1.165, 1.54) is 11.0 Å². The van der Waals surface area contributed by atoms with Crippen LogP contribution in [0.1, 0.15) is 69.7 Å². The van der Waals surface area contributed by atoms with E-state index >= 15 is 0 Å². The molecule has 182 valence electrons. The molecule has 3 rings (SSSR count). The number of aliphatic hydroxyl groups is 1. The molecule has 0 aromatic heterocycles. The molecular weight excluding hydrogens is 434 g/mol. The minimum atomic E-state index is -0.797. The third-order valence-corrected chi connectivity index (χ3v) is 5.81. The number of rotatable bonds is 9. The van der Waals surface area contributed by atoms with Crippen LogP contribution in [0.15, 0.2) is 42.0 Å². The molecule has 2 N–H and O–H groups in total. The Kier molecular flexibility index (Phi) is 7.87. The molecule has 1 fully saturated rings. The number of aliphatic hydroxyl groups excluding tert-OH is 1. The molecule has 0 radical (unpaired) electrons. The summed E-state index contributed by atoms with van der Waals surface area (Å²) in [7, 11) is 0. The molecule has 2 aromatic carbocycles. The van der Waals surface area contributed by atoms with Gasteiger partial charge in [0.2, 0.25) is 0 Å². The molecule has 7 nitrogen and oxygen atoms in total. The highest BCUT2D eigenvalue weighted by molar-refractivity contribution is 6.46. The van der Waals surface area contributed by atoms with Gasteiger partial charge < -0.3 is 24.6 Å². The predicted octanol–water partition coefficient (Wildman–Crippen LogP) is 5.14. The minimum absolute atomic E-state index is 0.0189. The molecule has 2 aromatic rings. The number of carbonyl (C=O) groups is 2. The summed E-state index contributed by atoms with van der Waals surface area (Å²) < 4.78 is 11.2. The fourth-order valence-corrected chi connectivity index (χ4v) is 4.26. The number of ketones is 1. The van der Waals surface area contributed by atoms with Crippen LogP contribution >= 0.6 is 0 Å². The quantitative estimate of drug-likeness (QED) is 0.301. The zero-order valence-electron chi connectivity index (χ0n) is 20.4. The Morgan fingerprint density at radius 2 is 1.68 bits per heavy atom. The van der Waals surface area contributed by atoms with Crippen LogP contribution in [-0.4, -0.2) is 46.6 Å². The Morgan fingerprint density at radius 3 is 2.29 bits per heavy atom. The summed E-state index contributed by atoms with van der Waals surface area (Å²) in [5.74, 6) is -0.568. The number of hydrogen-bond acceptors (Lipinski definition) is 6. The maximum absolute atomic E-state index is 13.1. The average molecular weight is 468 g/mol. The number of benzene rings is 2. The van der Waals surface area contributed by atoms with Crippen molar-refractivity contribution in [3.63, 3.8) is 0 Å². The van der Waals surface area contributed by atoms with Gasteiger partial charge in [-0.25, -0.2) is 0 Å². The lowest BCUT2D eigenvalue weighted by atomic mass is 9.93. The largest absolute Gasteiger partial charge is 0.507 e. The van der Waals surface area contributed by atoms with Gasteiger partial charge in [0.1, 0.15) is 11.5 Å². The van der Waals surface area contributed by atoms with Crippen LogP contribution in [0.5, 0.6) is 17.2 Å². The van der Waals surface area contributed by atoms with Crippen LogP contribution in [-0.2, 0) is 9.59 Å². The molecule has 0 saturated carbocycles. The highest BCUT2D eigenvalue weighted by Gasteiger charge is 2.46. The Bertz CT molecular complexity index is 1100. The van der Waals surface area contributed by atoms with E-state index in [4.69, 9.17) is 9.47 Å². The van der Waals surface area contributed by atoms with Crippen molar-refractivity contribution in [2.75, 3.05) is 19.8 Å². The van der Waals surface area contributed by atoms with E-state index in [1.807, 2.05) is 27.7 Å². The van der Waals surface area contributed by atoms with Crippen molar-refractivity contribution in [3.05, 3.63) is 58.7 Å². The van der Waals surface area contributed by atoms with Gasteiger partial charge in [0.05, 0.1) is 24.8 Å². The van der Waals surface area contributed by atoms with Gasteiger partial charge in [-0.3, -0.25) is 9.59 Å². The van der Waals surface area contributed by atoms with Gasteiger partial charge in [0, 0.05) is 12.1 Å². The SMILES string of the molecule is CCCN1C(=O)C(=O)/C(=C(/O)c2ccc(OCC)c(C(C)C)c2)C1c1ccc(O)c(OCC)c1. The monoisotopic (exact) mass is 467 g/mol.